The van der Waals surface area contributed by atoms with Gasteiger partial charge in [0.25, 0.3) is 0 Å². The van der Waals surface area contributed by atoms with Crippen LogP contribution in [0.3, 0.4) is 0 Å². The van der Waals surface area contributed by atoms with Crippen LogP contribution >= 0.6 is 0 Å². The van der Waals surface area contributed by atoms with Gasteiger partial charge in [-0.2, -0.15) is 5.26 Å². The monoisotopic (exact) mass is 382 g/mol. The molecule has 1 aliphatic heterocycles. The van der Waals surface area contributed by atoms with Crippen LogP contribution in [0, 0.1) is 24.1 Å². The largest absolute Gasteiger partial charge is 0.486 e. The van der Waals surface area contributed by atoms with Crippen molar-refractivity contribution < 1.29 is 18.7 Å². The fraction of sp³-hybridized carbons (Fsp3) is 0.364. The van der Waals surface area contributed by atoms with Gasteiger partial charge in [-0.1, -0.05) is 6.07 Å². The van der Waals surface area contributed by atoms with Gasteiger partial charge >= 0.3 is 6.09 Å². The highest BCUT2D eigenvalue weighted by molar-refractivity contribution is 5.73. The molecule has 1 saturated heterocycles. The number of carbonyl (C=O) groups excluding carboxylic acids is 1. The molecule has 1 amide bonds. The summed E-state index contributed by atoms with van der Waals surface area (Å²) in [5, 5.41) is 9.22. The van der Waals surface area contributed by atoms with Crippen molar-refractivity contribution in [3.63, 3.8) is 0 Å². The predicted molar refractivity (Wildman–Crippen MR) is 104 cm³/mol. The minimum Gasteiger partial charge on any atom is -0.486 e. The molecule has 2 aromatic carbocycles. The van der Waals surface area contributed by atoms with Gasteiger partial charge in [0.15, 0.2) is 0 Å². The summed E-state index contributed by atoms with van der Waals surface area (Å²) in [5.41, 5.74) is 1.97. The zero-order valence-corrected chi connectivity index (χ0v) is 16.5. The molecule has 0 bridgehead atoms. The topological polar surface area (TPSA) is 62.6 Å². The zero-order chi connectivity index (χ0) is 20.5. The van der Waals surface area contributed by atoms with E-state index in [4.69, 9.17) is 9.47 Å². The van der Waals surface area contributed by atoms with Crippen LogP contribution in [0.4, 0.5) is 9.18 Å². The Balaban J connectivity index is 1.76. The number of aryl methyl sites for hydroxylation is 1. The van der Waals surface area contributed by atoms with Gasteiger partial charge in [-0.05, 0) is 69.2 Å². The maximum absolute atomic E-state index is 13.6. The highest BCUT2D eigenvalue weighted by Crippen LogP contribution is 2.34. The van der Waals surface area contributed by atoms with E-state index < -0.39 is 5.60 Å². The molecule has 0 radical (unpaired) electrons. The average Bonchev–Trinajstić information content (AvgIpc) is 2.58. The summed E-state index contributed by atoms with van der Waals surface area (Å²) >= 11 is 0. The number of ether oxygens (including phenoxy) is 2. The van der Waals surface area contributed by atoms with E-state index in [1.165, 1.54) is 6.07 Å². The number of nitrogens with zero attached hydrogens (tertiary/aromatic N) is 2. The Morgan fingerprint density at radius 3 is 2.54 bits per heavy atom. The average molecular weight is 382 g/mol. The summed E-state index contributed by atoms with van der Waals surface area (Å²) < 4.78 is 25.0. The van der Waals surface area contributed by atoms with Crippen molar-refractivity contribution in [2.75, 3.05) is 13.1 Å². The van der Waals surface area contributed by atoms with Crippen molar-refractivity contribution in [3.05, 3.63) is 53.3 Å². The molecule has 0 atom stereocenters. The van der Waals surface area contributed by atoms with Crippen molar-refractivity contribution >= 4 is 6.09 Å². The van der Waals surface area contributed by atoms with E-state index in [1.54, 1.807) is 42.2 Å². The Labute approximate surface area is 164 Å². The van der Waals surface area contributed by atoms with Crippen LogP contribution in [0.5, 0.6) is 5.75 Å². The van der Waals surface area contributed by atoms with Gasteiger partial charge in [-0.3, -0.25) is 0 Å². The lowest BCUT2D eigenvalue weighted by Gasteiger charge is -2.39. The van der Waals surface area contributed by atoms with E-state index in [0.29, 0.717) is 30.0 Å². The summed E-state index contributed by atoms with van der Waals surface area (Å²) in [6.45, 7) is 8.02. The maximum Gasteiger partial charge on any atom is 0.410 e. The maximum atomic E-state index is 13.6. The standard InChI is InChI=1S/C22H23FN2O3/c1-14-9-16(6-7-19(14)23)18-10-15(11-24)5-8-20(18)27-17-12-25(13-17)21(26)28-22(2,3)4/h5-10,17H,12-13H2,1-4H3. The van der Waals surface area contributed by atoms with Crippen LogP contribution in [-0.2, 0) is 4.74 Å². The second-order valence-electron chi connectivity index (χ2n) is 7.91. The SMILES string of the molecule is Cc1cc(-c2cc(C#N)ccc2OC2CN(C(=O)OC(C)(C)C)C2)ccc1F. The summed E-state index contributed by atoms with van der Waals surface area (Å²) in [6, 6.07) is 12.1. The first-order chi connectivity index (χ1) is 13.2. The molecule has 146 valence electrons. The van der Waals surface area contributed by atoms with Crippen LogP contribution in [-0.4, -0.2) is 35.8 Å². The van der Waals surface area contributed by atoms with Crippen molar-refractivity contribution in [1.82, 2.24) is 4.90 Å². The molecule has 1 fully saturated rings. The van der Waals surface area contributed by atoms with Crippen molar-refractivity contribution in [3.8, 4) is 22.9 Å². The molecule has 1 heterocycles. The van der Waals surface area contributed by atoms with Crippen LogP contribution in [0.15, 0.2) is 36.4 Å². The number of rotatable bonds is 3. The molecule has 3 rings (SSSR count). The fourth-order valence-corrected chi connectivity index (χ4v) is 2.91. The number of nitriles is 1. The summed E-state index contributed by atoms with van der Waals surface area (Å²) in [7, 11) is 0. The normalized spacial score (nSPS) is 14.2. The van der Waals surface area contributed by atoms with Crippen molar-refractivity contribution in [1.29, 1.82) is 5.26 Å². The van der Waals surface area contributed by atoms with E-state index in [1.807, 2.05) is 20.8 Å². The highest BCUT2D eigenvalue weighted by atomic mass is 19.1. The van der Waals surface area contributed by atoms with Crippen LogP contribution in [0.1, 0.15) is 31.9 Å². The quantitative estimate of drug-likeness (QED) is 0.774. The van der Waals surface area contributed by atoms with Gasteiger partial charge in [-0.25, -0.2) is 9.18 Å². The highest BCUT2D eigenvalue weighted by Gasteiger charge is 2.35. The first-order valence-electron chi connectivity index (χ1n) is 9.11. The summed E-state index contributed by atoms with van der Waals surface area (Å²) in [4.78, 5) is 13.6. The molecule has 28 heavy (non-hydrogen) atoms. The summed E-state index contributed by atoms with van der Waals surface area (Å²) in [6.07, 6.45) is -0.526. The molecule has 0 saturated carbocycles. The van der Waals surface area contributed by atoms with Crippen LogP contribution < -0.4 is 4.74 Å². The Kier molecular flexibility index (Phi) is 5.28. The number of hydrogen-bond acceptors (Lipinski definition) is 4. The molecule has 0 aromatic heterocycles. The number of benzene rings is 2. The Bertz CT molecular complexity index is 938. The van der Waals surface area contributed by atoms with Gasteiger partial charge < -0.3 is 14.4 Å². The molecular formula is C22H23FN2O3. The van der Waals surface area contributed by atoms with Gasteiger partial charge in [0.1, 0.15) is 23.3 Å². The minimum atomic E-state index is -0.538. The van der Waals surface area contributed by atoms with E-state index in [2.05, 4.69) is 6.07 Å². The second-order valence-corrected chi connectivity index (χ2v) is 7.91. The number of hydrogen-bond donors (Lipinski definition) is 0. The van der Waals surface area contributed by atoms with Crippen LogP contribution in [0.2, 0.25) is 0 Å². The zero-order valence-electron chi connectivity index (χ0n) is 16.5. The summed E-state index contributed by atoms with van der Waals surface area (Å²) in [5.74, 6) is 0.313. The Hall–Kier alpha value is -3.07. The first kappa shape index (κ1) is 19.7. The number of likely N-dealkylation sites (tertiary alicyclic amines) is 1. The van der Waals surface area contributed by atoms with Crippen molar-refractivity contribution in [2.45, 2.75) is 39.4 Å². The van der Waals surface area contributed by atoms with E-state index >= 15 is 0 Å². The smallest absolute Gasteiger partial charge is 0.410 e. The van der Waals surface area contributed by atoms with E-state index in [0.717, 1.165) is 11.1 Å². The molecule has 0 spiro atoms. The number of amides is 1. The third kappa shape index (κ3) is 4.42. The predicted octanol–water partition coefficient (Wildman–Crippen LogP) is 4.67. The Morgan fingerprint density at radius 2 is 1.93 bits per heavy atom. The molecular weight excluding hydrogens is 359 g/mol. The lowest BCUT2D eigenvalue weighted by atomic mass is 10.00. The molecule has 0 aliphatic carbocycles. The first-order valence-corrected chi connectivity index (χ1v) is 9.11. The van der Waals surface area contributed by atoms with Crippen molar-refractivity contribution in [2.24, 2.45) is 0 Å². The van der Waals surface area contributed by atoms with Gasteiger partial charge in [0.2, 0.25) is 0 Å². The lowest BCUT2D eigenvalue weighted by molar-refractivity contribution is -0.0220. The third-order valence-electron chi connectivity index (χ3n) is 4.37. The molecule has 0 N–H and O–H groups in total. The minimum absolute atomic E-state index is 0.166. The third-order valence-corrected chi connectivity index (χ3v) is 4.37. The number of halogens is 1. The van der Waals surface area contributed by atoms with Gasteiger partial charge in [0, 0.05) is 5.56 Å². The second kappa shape index (κ2) is 7.51. The fourth-order valence-electron chi connectivity index (χ4n) is 2.91. The van der Waals surface area contributed by atoms with E-state index in [-0.39, 0.29) is 18.0 Å². The molecule has 6 heteroatoms. The molecule has 2 aromatic rings. The molecule has 1 aliphatic rings. The Morgan fingerprint density at radius 1 is 1.21 bits per heavy atom. The van der Waals surface area contributed by atoms with Gasteiger partial charge in [-0.15, -0.1) is 0 Å². The lowest BCUT2D eigenvalue weighted by Crippen LogP contribution is -2.57. The van der Waals surface area contributed by atoms with Gasteiger partial charge in [0.05, 0.1) is 24.7 Å². The molecule has 5 nitrogen and oxygen atoms in total. The molecule has 0 unspecified atom stereocenters. The van der Waals surface area contributed by atoms with Crippen LogP contribution in [0.25, 0.3) is 11.1 Å². The van der Waals surface area contributed by atoms with E-state index in [9.17, 15) is 14.4 Å². The number of carbonyl (C=O) groups is 1.